The third kappa shape index (κ3) is 5.62. The molecule has 17 heavy (non-hydrogen) atoms. The van der Waals surface area contributed by atoms with Crippen LogP contribution < -0.4 is 21.9 Å². The normalized spacial score (nSPS) is 18.5. The molecule has 1 fully saturated rings. The predicted octanol–water partition coefficient (Wildman–Crippen LogP) is -1.10. The summed E-state index contributed by atoms with van der Waals surface area (Å²) in [7, 11) is 0. The van der Waals surface area contributed by atoms with E-state index in [0.717, 1.165) is 6.42 Å². The van der Waals surface area contributed by atoms with Gasteiger partial charge in [-0.15, -0.1) is 0 Å². The molecular formula is C10H20N4O3. The molecule has 0 spiro atoms. The Balaban J connectivity index is 1.96. The molecule has 7 heteroatoms. The molecule has 0 saturated carbocycles. The lowest BCUT2D eigenvalue weighted by Crippen LogP contribution is -2.31. The molecule has 0 aromatic carbocycles. The highest BCUT2D eigenvalue weighted by molar-refractivity contribution is 5.77. The van der Waals surface area contributed by atoms with Gasteiger partial charge in [0.25, 0.3) is 0 Å². The van der Waals surface area contributed by atoms with Crippen molar-refractivity contribution in [1.82, 2.24) is 16.2 Å². The predicted molar refractivity (Wildman–Crippen MR) is 61.8 cm³/mol. The molecule has 0 bridgehead atoms. The number of nitrogens with one attached hydrogen (secondary N) is 3. The Labute approximate surface area is 100 Å². The molecular weight excluding hydrogens is 224 g/mol. The highest BCUT2D eigenvalue weighted by atomic mass is 16.4. The smallest absolute Gasteiger partial charge is 0.320 e. The van der Waals surface area contributed by atoms with Gasteiger partial charge in [0.1, 0.15) is 11.7 Å². The van der Waals surface area contributed by atoms with Gasteiger partial charge >= 0.3 is 5.97 Å². The van der Waals surface area contributed by atoms with Crippen LogP contribution in [-0.2, 0) is 9.59 Å². The van der Waals surface area contributed by atoms with E-state index in [4.69, 9.17) is 10.8 Å². The van der Waals surface area contributed by atoms with Crippen molar-refractivity contribution in [3.63, 3.8) is 0 Å². The summed E-state index contributed by atoms with van der Waals surface area (Å²) >= 11 is 0. The second-order valence-electron chi connectivity index (χ2n) is 4.55. The first kappa shape index (κ1) is 13.9. The van der Waals surface area contributed by atoms with E-state index in [-0.39, 0.29) is 11.6 Å². The summed E-state index contributed by atoms with van der Waals surface area (Å²) in [5.41, 5.74) is 10.8. The number of carboxylic acid groups (broad SMARTS) is 1. The number of hydrogen-bond acceptors (Lipinski definition) is 5. The molecule has 1 aliphatic rings. The van der Waals surface area contributed by atoms with E-state index in [1.54, 1.807) is 0 Å². The van der Waals surface area contributed by atoms with Gasteiger partial charge in [-0.05, 0) is 26.2 Å². The zero-order valence-corrected chi connectivity index (χ0v) is 9.95. The van der Waals surface area contributed by atoms with E-state index >= 15 is 0 Å². The van der Waals surface area contributed by atoms with E-state index in [0.29, 0.717) is 25.8 Å². The third-order valence-electron chi connectivity index (χ3n) is 2.65. The number of aliphatic carboxylic acids is 1. The molecule has 7 nitrogen and oxygen atoms in total. The standard InChI is InChI=1S/C10H20N4O3/c1-10(13-14-10)6-8(15)12-5-3-2-4-7(11)9(16)17/h7,13-14H,2-6,11H2,1H3,(H,12,15)(H,16,17)/t7-/m0/s1. The van der Waals surface area contributed by atoms with E-state index in [1.807, 2.05) is 6.92 Å². The van der Waals surface area contributed by atoms with Gasteiger partial charge in [0.15, 0.2) is 0 Å². The molecule has 1 atom stereocenters. The van der Waals surface area contributed by atoms with Crippen LogP contribution in [-0.4, -0.2) is 35.2 Å². The average Bonchev–Trinajstić information content (AvgIpc) is 2.94. The molecule has 0 unspecified atom stereocenters. The molecule has 98 valence electrons. The van der Waals surface area contributed by atoms with Crippen LogP contribution in [0.5, 0.6) is 0 Å². The number of carbonyl (C=O) groups excluding carboxylic acids is 1. The van der Waals surface area contributed by atoms with Gasteiger partial charge in [0.05, 0.1) is 6.42 Å². The summed E-state index contributed by atoms with van der Waals surface area (Å²) in [6.45, 7) is 2.46. The maximum absolute atomic E-state index is 11.4. The van der Waals surface area contributed by atoms with Crippen molar-refractivity contribution in [3.05, 3.63) is 0 Å². The Bertz CT molecular complexity index is 291. The molecule has 6 N–H and O–H groups in total. The Morgan fingerprint density at radius 1 is 1.41 bits per heavy atom. The van der Waals surface area contributed by atoms with Crippen molar-refractivity contribution in [2.45, 2.75) is 44.3 Å². The second-order valence-corrected chi connectivity index (χ2v) is 4.55. The van der Waals surface area contributed by atoms with Crippen molar-refractivity contribution in [2.75, 3.05) is 6.54 Å². The Morgan fingerprint density at radius 3 is 2.59 bits per heavy atom. The Hall–Kier alpha value is -1.18. The molecule has 0 aliphatic carbocycles. The molecule has 1 aliphatic heterocycles. The number of unbranched alkanes of at least 4 members (excludes halogenated alkanes) is 1. The summed E-state index contributed by atoms with van der Waals surface area (Å²) < 4.78 is 0. The Morgan fingerprint density at radius 2 is 2.06 bits per heavy atom. The van der Waals surface area contributed by atoms with Crippen molar-refractivity contribution < 1.29 is 14.7 Å². The van der Waals surface area contributed by atoms with Crippen molar-refractivity contribution in [1.29, 1.82) is 0 Å². The number of carboxylic acids is 1. The second kappa shape index (κ2) is 5.95. The third-order valence-corrected chi connectivity index (χ3v) is 2.65. The maximum Gasteiger partial charge on any atom is 0.320 e. The van der Waals surface area contributed by atoms with Crippen LogP contribution in [0.3, 0.4) is 0 Å². The topological polar surface area (TPSA) is 136 Å². The lowest BCUT2D eigenvalue weighted by Gasteiger charge is -2.08. The van der Waals surface area contributed by atoms with Gasteiger partial charge in [-0.1, -0.05) is 0 Å². The van der Waals surface area contributed by atoms with Gasteiger partial charge in [-0.3, -0.25) is 9.59 Å². The fraction of sp³-hybridized carbons (Fsp3) is 0.800. The van der Waals surface area contributed by atoms with Crippen LogP contribution in [0.25, 0.3) is 0 Å². The lowest BCUT2D eigenvalue weighted by molar-refractivity contribution is -0.138. The number of nitrogens with two attached hydrogens (primary N) is 1. The van der Waals surface area contributed by atoms with Crippen LogP contribution in [0.4, 0.5) is 0 Å². The fourth-order valence-corrected chi connectivity index (χ4v) is 1.42. The summed E-state index contributed by atoms with van der Waals surface area (Å²) in [5, 5.41) is 11.3. The average molecular weight is 244 g/mol. The molecule has 1 heterocycles. The first-order valence-electron chi connectivity index (χ1n) is 5.72. The number of rotatable bonds is 8. The van der Waals surface area contributed by atoms with Crippen LogP contribution in [0.2, 0.25) is 0 Å². The zero-order valence-electron chi connectivity index (χ0n) is 9.95. The van der Waals surface area contributed by atoms with Crippen LogP contribution in [0.1, 0.15) is 32.6 Å². The number of hydrazine groups is 1. The van der Waals surface area contributed by atoms with Crippen LogP contribution in [0.15, 0.2) is 0 Å². The quantitative estimate of drug-likeness (QED) is 0.271. The summed E-state index contributed by atoms with van der Waals surface area (Å²) in [6, 6.07) is -0.801. The fourth-order valence-electron chi connectivity index (χ4n) is 1.42. The van der Waals surface area contributed by atoms with Gasteiger partial charge in [-0.25, -0.2) is 10.9 Å². The first-order valence-corrected chi connectivity index (χ1v) is 5.72. The van der Waals surface area contributed by atoms with Crippen LogP contribution >= 0.6 is 0 Å². The van der Waals surface area contributed by atoms with E-state index < -0.39 is 12.0 Å². The van der Waals surface area contributed by atoms with Crippen molar-refractivity contribution in [3.8, 4) is 0 Å². The minimum atomic E-state index is -0.979. The summed E-state index contributed by atoms with van der Waals surface area (Å²) in [5.74, 6) is -1.000. The number of amides is 1. The van der Waals surface area contributed by atoms with Crippen molar-refractivity contribution in [2.24, 2.45) is 5.73 Å². The number of hydrogen-bond donors (Lipinski definition) is 5. The largest absolute Gasteiger partial charge is 0.480 e. The van der Waals surface area contributed by atoms with Crippen molar-refractivity contribution >= 4 is 11.9 Å². The SMILES string of the molecule is CC1(CC(=O)NCCCC[C@H](N)C(=O)O)NN1. The number of carbonyl (C=O) groups is 2. The van der Waals surface area contributed by atoms with E-state index in [1.165, 1.54) is 0 Å². The van der Waals surface area contributed by atoms with Gasteiger partial charge in [0.2, 0.25) is 5.91 Å². The zero-order chi connectivity index (χ0) is 12.9. The summed E-state index contributed by atoms with van der Waals surface area (Å²) in [6.07, 6.45) is 2.26. The molecule has 0 aromatic heterocycles. The molecule has 1 saturated heterocycles. The molecule has 1 amide bonds. The molecule has 0 radical (unpaired) electrons. The minimum Gasteiger partial charge on any atom is -0.480 e. The molecule has 0 aromatic rings. The van der Waals surface area contributed by atoms with E-state index in [9.17, 15) is 9.59 Å². The van der Waals surface area contributed by atoms with E-state index in [2.05, 4.69) is 16.2 Å². The van der Waals surface area contributed by atoms with Gasteiger partial charge < -0.3 is 16.2 Å². The van der Waals surface area contributed by atoms with Gasteiger partial charge in [-0.2, -0.15) is 0 Å². The first-order chi connectivity index (χ1) is 7.93. The molecule has 1 rings (SSSR count). The van der Waals surface area contributed by atoms with Gasteiger partial charge in [0, 0.05) is 6.54 Å². The summed E-state index contributed by atoms with van der Waals surface area (Å²) in [4.78, 5) is 21.8. The highest BCUT2D eigenvalue weighted by Crippen LogP contribution is 2.12. The lowest BCUT2D eigenvalue weighted by atomic mass is 10.1. The minimum absolute atomic E-state index is 0.0208. The maximum atomic E-state index is 11.4. The van der Waals surface area contributed by atoms with Crippen LogP contribution in [0, 0.1) is 0 Å². The highest BCUT2D eigenvalue weighted by Gasteiger charge is 2.37. The Kier molecular flexibility index (Phi) is 4.86. The monoisotopic (exact) mass is 244 g/mol.